The second-order valence-electron chi connectivity index (χ2n) is 5.00. The zero-order valence-electron chi connectivity index (χ0n) is 12.1. The van der Waals surface area contributed by atoms with Crippen LogP contribution in [-0.2, 0) is 0 Å². The zero-order valence-corrected chi connectivity index (χ0v) is 14.4. The van der Waals surface area contributed by atoms with Crippen molar-refractivity contribution in [2.75, 3.05) is 7.11 Å². The highest BCUT2D eigenvalue weighted by Gasteiger charge is 2.19. The average molecular weight is 397 g/mol. The van der Waals surface area contributed by atoms with Gasteiger partial charge in [0.25, 0.3) is 0 Å². The maximum Gasteiger partial charge on any atom is 0.219 e. The number of nitrogens with zero attached hydrogens (tertiary/aromatic N) is 1. The molecule has 0 aliphatic heterocycles. The molecule has 6 heteroatoms. The molecule has 0 bridgehead atoms. The van der Waals surface area contributed by atoms with Gasteiger partial charge in [0.15, 0.2) is 0 Å². The molecule has 0 aliphatic carbocycles. The molecule has 0 saturated carbocycles. The molecule has 23 heavy (non-hydrogen) atoms. The highest BCUT2D eigenvalue weighted by Crippen LogP contribution is 2.33. The number of aliphatic hydroxyl groups excluding tert-OH is 1. The molecule has 0 spiro atoms. The monoisotopic (exact) mass is 395 g/mol. The fraction of sp³-hybridized carbons (Fsp3) is 0.118. The largest absolute Gasteiger partial charge is 0.481 e. The highest BCUT2D eigenvalue weighted by molar-refractivity contribution is 9.10. The predicted molar refractivity (Wildman–Crippen MR) is 91.5 cm³/mol. The van der Waals surface area contributed by atoms with Gasteiger partial charge in [-0.25, -0.2) is 9.37 Å². The van der Waals surface area contributed by atoms with Crippen LogP contribution in [0.15, 0.2) is 46.9 Å². The Hall–Kier alpha value is -1.69. The van der Waals surface area contributed by atoms with Gasteiger partial charge in [-0.3, -0.25) is 0 Å². The Morgan fingerprint density at radius 3 is 2.70 bits per heavy atom. The summed E-state index contributed by atoms with van der Waals surface area (Å²) in [5, 5.41) is 11.4. The molecule has 1 N–H and O–H groups in total. The van der Waals surface area contributed by atoms with Crippen LogP contribution in [0.2, 0.25) is 5.02 Å². The first-order valence-electron chi connectivity index (χ1n) is 6.77. The minimum atomic E-state index is -1.03. The van der Waals surface area contributed by atoms with E-state index in [1.54, 1.807) is 6.07 Å². The molecule has 0 fully saturated rings. The Morgan fingerprint density at radius 2 is 2.00 bits per heavy atom. The van der Waals surface area contributed by atoms with Crippen molar-refractivity contribution in [1.29, 1.82) is 0 Å². The molecule has 3 nitrogen and oxygen atoms in total. The maximum atomic E-state index is 13.3. The van der Waals surface area contributed by atoms with Crippen molar-refractivity contribution in [2.24, 2.45) is 0 Å². The van der Waals surface area contributed by atoms with E-state index < -0.39 is 11.9 Å². The molecule has 1 aromatic heterocycles. The van der Waals surface area contributed by atoms with E-state index in [-0.39, 0.29) is 5.02 Å². The lowest BCUT2D eigenvalue weighted by Crippen LogP contribution is -2.04. The number of aliphatic hydroxyl groups is 1. The van der Waals surface area contributed by atoms with Gasteiger partial charge in [-0.05, 0) is 42.0 Å². The van der Waals surface area contributed by atoms with E-state index in [1.807, 2.05) is 18.2 Å². The Labute approximate surface area is 145 Å². The quantitative estimate of drug-likeness (QED) is 0.686. The number of aromatic nitrogens is 1. The first-order chi connectivity index (χ1) is 11.0. The Balaban J connectivity index is 2.14. The number of fused-ring (bicyclic) bond motifs is 1. The minimum Gasteiger partial charge on any atom is -0.481 e. The van der Waals surface area contributed by atoms with Crippen LogP contribution < -0.4 is 4.74 Å². The second kappa shape index (κ2) is 6.43. The molecular formula is C17H12BrClFNO2. The average Bonchev–Trinajstić information content (AvgIpc) is 2.55. The number of hydrogen-bond donors (Lipinski definition) is 1. The van der Waals surface area contributed by atoms with E-state index in [0.29, 0.717) is 17.0 Å². The maximum absolute atomic E-state index is 13.3. The Bertz CT molecular complexity index is 888. The van der Waals surface area contributed by atoms with Crippen molar-refractivity contribution in [1.82, 2.24) is 4.98 Å². The van der Waals surface area contributed by atoms with Gasteiger partial charge >= 0.3 is 0 Å². The number of hydrogen-bond acceptors (Lipinski definition) is 3. The van der Waals surface area contributed by atoms with Crippen molar-refractivity contribution in [3.63, 3.8) is 0 Å². The van der Waals surface area contributed by atoms with Crippen molar-refractivity contribution in [3.05, 3.63) is 68.9 Å². The molecule has 0 radical (unpaired) electrons. The number of pyridine rings is 1. The van der Waals surface area contributed by atoms with Gasteiger partial charge in [0.1, 0.15) is 11.9 Å². The molecule has 1 atom stereocenters. The summed E-state index contributed by atoms with van der Waals surface area (Å²) >= 11 is 9.21. The molecule has 0 aliphatic rings. The summed E-state index contributed by atoms with van der Waals surface area (Å²) < 4.78 is 19.5. The molecule has 118 valence electrons. The summed E-state index contributed by atoms with van der Waals surface area (Å²) in [5.74, 6) is -0.220. The molecule has 1 heterocycles. The summed E-state index contributed by atoms with van der Waals surface area (Å²) in [7, 11) is 1.49. The molecule has 0 saturated heterocycles. The first kappa shape index (κ1) is 16.2. The number of halogens is 3. The number of benzene rings is 2. The van der Waals surface area contributed by atoms with Gasteiger partial charge in [-0.15, -0.1) is 0 Å². The van der Waals surface area contributed by atoms with E-state index in [9.17, 15) is 9.50 Å². The SMILES string of the molecule is COc1nc2ccc(Br)cc2cc1[C@H](O)c1ccc(F)c(Cl)c1. The Morgan fingerprint density at radius 1 is 1.22 bits per heavy atom. The molecule has 3 rings (SSSR count). The predicted octanol–water partition coefficient (Wildman–Crippen LogP) is 4.88. The second-order valence-corrected chi connectivity index (χ2v) is 6.32. The third-order valence-corrected chi connectivity index (χ3v) is 4.30. The first-order valence-corrected chi connectivity index (χ1v) is 7.94. The van der Waals surface area contributed by atoms with Crippen LogP contribution in [0.25, 0.3) is 10.9 Å². The third kappa shape index (κ3) is 3.17. The summed E-state index contributed by atoms with van der Waals surface area (Å²) in [6.45, 7) is 0. The minimum absolute atomic E-state index is 0.0444. The van der Waals surface area contributed by atoms with Gasteiger partial charge in [-0.2, -0.15) is 0 Å². The number of rotatable bonds is 3. The molecule has 0 amide bonds. The summed E-state index contributed by atoms with van der Waals surface area (Å²) in [6.07, 6.45) is -1.03. The Kier molecular flexibility index (Phi) is 4.53. The summed E-state index contributed by atoms with van der Waals surface area (Å²) in [5.41, 5.74) is 1.70. The fourth-order valence-electron chi connectivity index (χ4n) is 2.37. The summed E-state index contributed by atoms with van der Waals surface area (Å²) in [6, 6.07) is 11.5. The third-order valence-electron chi connectivity index (χ3n) is 3.52. The van der Waals surface area contributed by atoms with Crippen LogP contribution in [0.4, 0.5) is 4.39 Å². The number of ether oxygens (including phenoxy) is 1. The van der Waals surface area contributed by atoms with Crippen LogP contribution in [-0.4, -0.2) is 17.2 Å². The van der Waals surface area contributed by atoms with Crippen molar-refractivity contribution < 1.29 is 14.2 Å². The van der Waals surface area contributed by atoms with E-state index in [2.05, 4.69) is 20.9 Å². The van der Waals surface area contributed by atoms with Gasteiger partial charge in [0.2, 0.25) is 5.88 Å². The highest BCUT2D eigenvalue weighted by atomic mass is 79.9. The van der Waals surface area contributed by atoms with Crippen molar-refractivity contribution >= 4 is 38.4 Å². The van der Waals surface area contributed by atoms with Gasteiger partial charge in [0, 0.05) is 15.4 Å². The lowest BCUT2D eigenvalue weighted by atomic mass is 10.0. The fourth-order valence-corrected chi connectivity index (χ4v) is 2.94. The van der Waals surface area contributed by atoms with Crippen LogP contribution in [0.3, 0.4) is 0 Å². The van der Waals surface area contributed by atoms with Gasteiger partial charge in [-0.1, -0.05) is 33.6 Å². The van der Waals surface area contributed by atoms with Crippen LogP contribution in [0, 0.1) is 5.82 Å². The number of methoxy groups -OCH3 is 1. The van der Waals surface area contributed by atoms with Crippen molar-refractivity contribution in [3.8, 4) is 5.88 Å². The van der Waals surface area contributed by atoms with Crippen LogP contribution in [0.5, 0.6) is 5.88 Å². The molecular weight excluding hydrogens is 385 g/mol. The molecule has 2 aromatic carbocycles. The van der Waals surface area contributed by atoms with Crippen LogP contribution in [0.1, 0.15) is 17.2 Å². The topological polar surface area (TPSA) is 42.4 Å². The van der Waals surface area contributed by atoms with E-state index in [0.717, 1.165) is 15.4 Å². The van der Waals surface area contributed by atoms with Crippen LogP contribution >= 0.6 is 27.5 Å². The van der Waals surface area contributed by atoms with Gasteiger partial charge in [0.05, 0.1) is 17.6 Å². The summed E-state index contributed by atoms with van der Waals surface area (Å²) in [4.78, 5) is 4.41. The molecule has 0 unspecified atom stereocenters. The zero-order chi connectivity index (χ0) is 16.6. The van der Waals surface area contributed by atoms with E-state index in [4.69, 9.17) is 16.3 Å². The van der Waals surface area contributed by atoms with E-state index in [1.165, 1.54) is 25.3 Å². The normalized spacial score (nSPS) is 12.4. The van der Waals surface area contributed by atoms with E-state index >= 15 is 0 Å². The molecule has 3 aromatic rings. The van der Waals surface area contributed by atoms with Crippen molar-refractivity contribution in [2.45, 2.75) is 6.10 Å². The lowest BCUT2D eigenvalue weighted by Gasteiger charge is -2.16. The smallest absolute Gasteiger partial charge is 0.219 e. The van der Waals surface area contributed by atoms with Gasteiger partial charge < -0.3 is 9.84 Å². The lowest BCUT2D eigenvalue weighted by molar-refractivity contribution is 0.213. The standard InChI is InChI=1S/C17H12BrClFNO2/c1-23-17-12(7-10-6-11(18)3-5-15(10)21-17)16(22)9-2-4-14(20)13(19)8-9/h2-8,16,22H,1H3/t16-/m1/s1.